The molecule has 2 aliphatic heterocycles. The molecule has 1 aromatic rings. The number of carbonyl (C=O) groups excluding carboxylic acids is 1. The van der Waals surface area contributed by atoms with Crippen molar-refractivity contribution in [2.75, 3.05) is 39.9 Å². The first kappa shape index (κ1) is 17.9. The Bertz CT molecular complexity index is 611. The summed E-state index contributed by atoms with van der Waals surface area (Å²) < 4.78 is 6.08. The zero-order valence-corrected chi connectivity index (χ0v) is 15.8. The molecule has 2 saturated heterocycles. The lowest BCUT2D eigenvalue weighted by molar-refractivity contribution is -0.0772. The van der Waals surface area contributed by atoms with Crippen LogP contribution in [0.4, 0.5) is 0 Å². The van der Waals surface area contributed by atoms with E-state index < -0.39 is 0 Å². The molecule has 1 aromatic heterocycles. The number of piperidine rings is 1. The number of nitrogens with zero attached hydrogens (tertiary/aromatic N) is 4. The Morgan fingerprint density at radius 3 is 2.73 bits per heavy atom. The van der Waals surface area contributed by atoms with Crippen LogP contribution < -0.4 is 0 Å². The minimum absolute atomic E-state index is 0.0195. The van der Waals surface area contributed by atoms with Crippen LogP contribution >= 0.6 is 0 Å². The third kappa shape index (κ3) is 3.62. The van der Waals surface area contributed by atoms with Crippen LogP contribution in [0.5, 0.6) is 0 Å². The summed E-state index contributed by atoms with van der Waals surface area (Å²) in [6.07, 6.45) is 10.8. The molecule has 6 heteroatoms. The first-order valence-electron chi connectivity index (χ1n) is 10.0. The van der Waals surface area contributed by atoms with E-state index in [4.69, 9.17) is 4.74 Å². The largest absolute Gasteiger partial charge is 0.381 e. The van der Waals surface area contributed by atoms with Crippen LogP contribution in [0, 0.1) is 11.8 Å². The highest BCUT2D eigenvalue weighted by Gasteiger charge is 2.51. The van der Waals surface area contributed by atoms with Gasteiger partial charge in [0.2, 0.25) is 0 Å². The highest BCUT2D eigenvalue weighted by molar-refractivity contribution is 5.93. The molecule has 3 aliphatic rings. The van der Waals surface area contributed by atoms with Gasteiger partial charge in [0.05, 0.1) is 5.54 Å². The fraction of sp³-hybridized carbons (Fsp3) is 0.750. The predicted molar refractivity (Wildman–Crippen MR) is 98.8 cm³/mol. The molecule has 0 aromatic carbocycles. The van der Waals surface area contributed by atoms with Crippen LogP contribution in [0.1, 0.15) is 49.0 Å². The summed E-state index contributed by atoms with van der Waals surface area (Å²) in [6.45, 7) is 4.51. The monoisotopic (exact) mass is 358 g/mol. The van der Waals surface area contributed by atoms with Gasteiger partial charge >= 0.3 is 0 Å². The summed E-state index contributed by atoms with van der Waals surface area (Å²) in [4.78, 5) is 24.9. The van der Waals surface area contributed by atoms with Crippen LogP contribution in [0.25, 0.3) is 0 Å². The number of rotatable bonds is 5. The molecule has 1 spiro atoms. The highest BCUT2D eigenvalue weighted by Crippen LogP contribution is 2.39. The minimum atomic E-state index is 0.0195. The first-order valence-corrected chi connectivity index (χ1v) is 10.0. The molecular formula is C20H30N4O2. The van der Waals surface area contributed by atoms with Crippen molar-refractivity contribution in [1.29, 1.82) is 0 Å². The Morgan fingerprint density at radius 2 is 2.00 bits per heavy atom. The van der Waals surface area contributed by atoms with E-state index in [-0.39, 0.29) is 11.4 Å². The Hall–Kier alpha value is -1.53. The molecule has 3 heterocycles. The van der Waals surface area contributed by atoms with E-state index in [1.807, 2.05) is 4.90 Å². The Labute approximate surface area is 155 Å². The molecule has 1 saturated carbocycles. The molecule has 3 fully saturated rings. The first-order chi connectivity index (χ1) is 12.7. The van der Waals surface area contributed by atoms with Crippen LogP contribution in [0.15, 0.2) is 18.6 Å². The van der Waals surface area contributed by atoms with Gasteiger partial charge in [-0.1, -0.05) is 12.8 Å². The van der Waals surface area contributed by atoms with Crippen molar-refractivity contribution in [2.24, 2.45) is 11.8 Å². The van der Waals surface area contributed by atoms with Gasteiger partial charge in [0.25, 0.3) is 5.91 Å². The number of hydrogen-bond acceptors (Lipinski definition) is 5. The molecule has 0 bridgehead atoms. The topological polar surface area (TPSA) is 58.6 Å². The second kappa shape index (κ2) is 7.61. The average molecular weight is 358 g/mol. The molecular weight excluding hydrogens is 328 g/mol. The predicted octanol–water partition coefficient (Wildman–Crippen LogP) is 2.22. The van der Waals surface area contributed by atoms with Crippen molar-refractivity contribution in [3.05, 3.63) is 24.3 Å². The van der Waals surface area contributed by atoms with Gasteiger partial charge in [-0.25, -0.2) is 9.97 Å². The molecule has 1 atom stereocenters. The SMILES string of the molecule is CN1CC[C@@H](COCC2CCCC2)CC12CN(C(=O)c1ccncn1)C2. The molecule has 0 N–H and O–H groups in total. The van der Waals surface area contributed by atoms with Gasteiger partial charge in [-0.3, -0.25) is 9.69 Å². The van der Waals surface area contributed by atoms with Crippen molar-refractivity contribution in [2.45, 2.75) is 44.1 Å². The zero-order valence-electron chi connectivity index (χ0n) is 15.8. The summed E-state index contributed by atoms with van der Waals surface area (Å²) in [5.41, 5.74) is 0.618. The summed E-state index contributed by atoms with van der Waals surface area (Å²) in [5, 5.41) is 0. The van der Waals surface area contributed by atoms with Crippen molar-refractivity contribution in [1.82, 2.24) is 19.8 Å². The quantitative estimate of drug-likeness (QED) is 0.808. The lowest BCUT2D eigenvalue weighted by Crippen LogP contribution is -2.72. The van der Waals surface area contributed by atoms with E-state index in [2.05, 4.69) is 21.9 Å². The van der Waals surface area contributed by atoms with Gasteiger partial charge in [-0.05, 0) is 57.2 Å². The number of carbonyl (C=O) groups is 1. The van der Waals surface area contributed by atoms with Crippen molar-refractivity contribution in [3.8, 4) is 0 Å². The number of amides is 1. The lowest BCUT2D eigenvalue weighted by atomic mass is 9.75. The zero-order chi connectivity index (χ0) is 18.0. The maximum Gasteiger partial charge on any atom is 0.272 e. The number of aromatic nitrogens is 2. The summed E-state index contributed by atoms with van der Waals surface area (Å²) >= 11 is 0. The Morgan fingerprint density at radius 1 is 1.23 bits per heavy atom. The standard InChI is InChI=1S/C20H30N4O2/c1-23-9-7-17(12-26-11-16-4-2-3-5-16)10-20(23)13-24(14-20)19(25)18-6-8-21-15-22-18/h6,8,15-17H,2-5,7,9-14H2,1H3/t17-/m1/s1. The molecule has 142 valence electrons. The number of ether oxygens (including phenoxy) is 1. The molecule has 26 heavy (non-hydrogen) atoms. The highest BCUT2D eigenvalue weighted by atomic mass is 16.5. The van der Waals surface area contributed by atoms with Gasteiger partial charge in [0.15, 0.2) is 0 Å². The second-order valence-electron chi connectivity index (χ2n) is 8.45. The fourth-order valence-corrected chi connectivity index (χ4v) is 4.89. The fourth-order valence-electron chi connectivity index (χ4n) is 4.89. The van der Waals surface area contributed by atoms with Crippen LogP contribution in [-0.2, 0) is 4.74 Å². The van der Waals surface area contributed by atoms with Gasteiger partial charge in [-0.2, -0.15) is 0 Å². The summed E-state index contributed by atoms with van der Waals surface area (Å²) in [7, 11) is 2.20. The maximum absolute atomic E-state index is 12.6. The molecule has 6 nitrogen and oxygen atoms in total. The maximum atomic E-state index is 12.6. The lowest BCUT2D eigenvalue weighted by Gasteiger charge is -2.58. The molecule has 0 radical (unpaired) electrons. The minimum Gasteiger partial charge on any atom is -0.381 e. The van der Waals surface area contributed by atoms with E-state index in [1.165, 1.54) is 38.4 Å². The Kier molecular flexibility index (Phi) is 5.23. The van der Waals surface area contributed by atoms with Crippen molar-refractivity contribution in [3.63, 3.8) is 0 Å². The summed E-state index contributed by atoms with van der Waals surface area (Å²) in [5.74, 6) is 1.43. The normalized spacial score (nSPS) is 26.2. The van der Waals surface area contributed by atoms with Crippen LogP contribution in [-0.4, -0.2) is 71.1 Å². The van der Waals surface area contributed by atoms with Gasteiger partial charge in [0.1, 0.15) is 12.0 Å². The smallest absolute Gasteiger partial charge is 0.272 e. The van der Waals surface area contributed by atoms with E-state index >= 15 is 0 Å². The van der Waals surface area contributed by atoms with E-state index in [0.29, 0.717) is 11.6 Å². The van der Waals surface area contributed by atoms with Crippen molar-refractivity contribution < 1.29 is 9.53 Å². The average Bonchev–Trinajstić information content (AvgIpc) is 3.15. The van der Waals surface area contributed by atoms with Gasteiger partial charge < -0.3 is 9.64 Å². The second-order valence-corrected chi connectivity index (χ2v) is 8.45. The molecule has 1 amide bonds. The van der Waals surface area contributed by atoms with E-state index in [1.54, 1.807) is 12.3 Å². The third-order valence-corrected chi connectivity index (χ3v) is 6.59. The third-order valence-electron chi connectivity index (χ3n) is 6.59. The van der Waals surface area contributed by atoms with Crippen LogP contribution in [0.2, 0.25) is 0 Å². The van der Waals surface area contributed by atoms with Crippen LogP contribution in [0.3, 0.4) is 0 Å². The summed E-state index contributed by atoms with van der Waals surface area (Å²) in [6, 6.07) is 1.69. The molecule has 1 aliphatic carbocycles. The van der Waals surface area contributed by atoms with E-state index in [0.717, 1.165) is 45.2 Å². The number of hydrogen-bond donors (Lipinski definition) is 0. The van der Waals surface area contributed by atoms with Gasteiger partial charge in [-0.15, -0.1) is 0 Å². The number of likely N-dealkylation sites (tertiary alicyclic amines) is 2. The molecule has 4 rings (SSSR count). The van der Waals surface area contributed by atoms with Gasteiger partial charge in [0, 0.05) is 32.5 Å². The Balaban J connectivity index is 1.28. The number of likely N-dealkylation sites (N-methyl/N-ethyl adjacent to an activating group) is 1. The van der Waals surface area contributed by atoms with Crippen molar-refractivity contribution >= 4 is 5.91 Å². The molecule has 0 unspecified atom stereocenters. The van der Waals surface area contributed by atoms with E-state index in [9.17, 15) is 4.79 Å².